The number of nitrogens with one attached hydrogen (secondary N) is 3. The lowest BCUT2D eigenvalue weighted by atomic mass is 10.0. The molecule has 3 atom stereocenters. The summed E-state index contributed by atoms with van der Waals surface area (Å²) in [5, 5.41) is 17.5. The SMILES string of the molecule is O=C(NCCCCN(CCCNC(=O)OCc1ccccc1)C(=O)[C@H](Cc1ccc(OCc2ccccc2)cc1)NC(=O)[C@@H]1O[C@H]1C(=O)O)OCc1ccccc1. The van der Waals surface area contributed by atoms with Gasteiger partial charge >= 0.3 is 18.2 Å². The monoisotopic (exact) mass is 780 g/mol. The maximum absolute atomic E-state index is 14.3. The van der Waals surface area contributed by atoms with Crippen LogP contribution in [0.25, 0.3) is 0 Å². The molecule has 5 rings (SSSR count). The molecule has 0 aliphatic carbocycles. The number of amides is 4. The minimum Gasteiger partial charge on any atom is -0.489 e. The van der Waals surface area contributed by atoms with Crippen molar-refractivity contribution in [1.29, 1.82) is 0 Å². The summed E-state index contributed by atoms with van der Waals surface area (Å²) in [7, 11) is 0. The first-order chi connectivity index (χ1) is 27.7. The van der Waals surface area contributed by atoms with Crippen LogP contribution in [-0.4, -0.2) is 84.4 Å². The van der Waals surface area contributed by atoms with Crippen LogP contribution in [0.1, 0.15) is 41.5 Å². The van der Waals surface area contributed by atoms with E-state index < -0.39 is 48.2 Å². The molecule has 0 aromatic heterocycles. The van der Waals surface area contributed by atoms with Gasteiger partial charge in [0.1, 0.15) is 31.6 Å². The Labute approximate surface area is 331 Å². The third kappa shape index (κ3) is 14.6. The topological polar surface area (TPSA) is 185 Å². The van der Waals surface area contributed by atoms with E-state index >= 15 is 0 Å². The summed E-state index contributed by atoms with van der Waals surface area (Å²) in [5.41, 5.74) is 3.45. The van der Waals surface area contributed by atoms with Crippen molar-refractivity contribution in [3.05, 3.63) is 138 Å². The fourth-order valence-electron chi connectivity index (χ4n) is 5.83. The molecule has 14 heteroatoms. The number of hydrogen-bond acceptors (Lipinski definition) is 9. The number of ether oxygens (including phenoxy) is 4. The van der Waals surface area contributed by atoms with E-state index in [1.807, 2.05) is 91.0 Å². The number of alkyl carbamates (subject to hydrolysis) is 2. The molecular weight excluding hydrogens is 732 g/mol. The highest BCUT2D eigenvalue weighted by Crippen LogP contribution is 2.23. The summed E-state index contributed by atoms with van der Waals surface area (Å²) in [6, 6.07) is 34.4. The molecular formula is C43H48N4O10. The van der Waals surface area contributed by atoms with Crippen molar-refractivity contribution in [1.82, 2.24) is 20.9 Å². The van der Waals surface area contributed by atoms with E-state index in [1.54, 1.807) is 29.2 Å². The minimum atomic E-state index is -1.28. The van der Waals surface area contributed by atoms with Gasteiger partial charge in [-0.3, -0.25) is 9.59 Å². The van der Waals surface area contributed by atoms with Gasteiger partial charge in [-0.25, -0.2) is 14.4 Å². The first kappa shape index (κ1) is 41.7. The molecule has 1 heterocycles. The lowest BCUT2D eigenvalue weighted by Gasteiger charge is -2.28. The van der Waals surface area contributed by atoms with Gasteiger partial charge < -0.3 is 44.9 Å². The highest BCUT2D eigenvalue weighted by Gasteiger charge is 2.51. The van der Waals surface area contributed by atoms with Crippen LogP contribution in [0.3, 0.4) is 0 Å². The predicted molar refractivity (Wildman–Crippen MR) is 209 cm³/mol. The second-order valence-electron chi connectivity index (χ2n) is 13.4. The Hall–Kier alpha value is -6.41. The maximum atomic E-state index is 14.3. The van der Waals surface area contributed by atoms with Crippen molar-refractivity contribution in [2.24, 2.45) is 0 Å². The minimum absolute atomic E-state index is 0.101. The molecule has 57 heavy (non-hydrogen) atoms. The van der Waals surface area contributed by atoms with Crippen LogP contribution in [0.15, 0.2) is 115 Å². The molecule has 1 fully saturated rings. The summed E-state index contributed by atoms with van der Waals surface area (Å²) in [6.07, 6.45) is -2.15. The molecule has 0 unspecified atom stereocenters. The highest BCUT2D eigenvalue weighted by molar-refractivity contribution is 5.95. The Kier molecular flexibility index (Phi) is 16.3. The summed E-state index contributed by atoms with van der Waals surface area (Å²) in [6.45, 7) is 1.64. The summed E-state index contributed by atoms with van der Waals surface area (Å²) in [4.78, 5) is 65.0. The zero-order chi connectivity index (χ0) is 40.2. The third-order valence-corrected chi connectivity index (χ3v) is 8.95. The summed E-state index contributed by atoms with van der Waals surface area (Å²) in [5.74, 6) is -1.75. The zero-order valence-electron chi connectivity index (χ0n) is 31.5. The Morgan fingerprint density at radius 2 is 1.12 bits per heavy atom. The van der Waals surface area contributed by atoms with E-state index in [1.165, 1.54) is 0 Å². The Morgan fingerprint density at radius 3 is 1.65 bits per heavy atom. The molecule has 1 aliphatic rings. The number of carboxylic acids is 1. The molecule has 1 saturated heterocycles. The number of nitrogens with zero attached hydrogens (tertiary/aromatic N) is 1. The Balaban J connectivity index is 1.19. The van der Waals surface area contributed by atoms with Crippen LogP contribution >= 0.6 is 0 Å². The standard InChI is InChI=1S/C43H48N4O10/c48-39(37-38(57-37)41(50)51)46-36(27-31-19-21-35(22-20-31)54-28-32-13-4-1-5-14-32)40(49)47(26-12-24-45-43(53)56-30-34-17-8-3-9-18-34)25-11-10-23-44-42(52)55-29-33-15-6-2-7-16-33/h1-9,13-22,36-38H,10-12,23-30H2,(H,44,52)(H,45,53)(H,46,48)(H,50,51)/t36-,37+,38+/m0/s1. The van der Waals surface area contributed by atoms with E-state index in [4.69, 9.17) is 18.9 Å². The second-order valence-corrected chi connectivity index (χ2v) is 13.4. The molecule has 300 valence electrons. The summed E-state index contributed by atoms with van der Waals surface area (Å²) >= 11 is 0. The van der Waals surface area contributed by atoms with Crippen molar-refractivity contribution in [2.75, 3.05) is 26.2 Å². The van der Waals surface area contributed by atoms with Crippen LogP contribution in [0.2, 0.25) is 0 Å². The van der Waals surface area contributed by atoms with E-state index in [0.717, 1.165) is 22.3 Å². The van der Waals surface area contributed by atoms with E-state index in [-0.39, 0.29) is 39.3 Å². The highest BCUT2D eigenvalue weighted by atomic mass is 16.6. The van der Waals surface area contributed by atoms with Gasteiger partial charge in [0.25, 0.3) is 5.91 Å². The van der Waals surface area contributed by atoms with E-state index in [0.29, 0.717) is 38.2 Å². The van der Waals surface area contributed by atoms with Gasteiger partial charge in [0.15, 0.2) is 12.2 Å². The number of carbonyl (C=O) groups excluding carboxylic acids is 4. The lowest BCUT2D eigenvalue weighted by molar-refractivity contribution is -0.138. The number of benzene rings is 4. The lowest BCUT2D eigenvalue weighted by Crippen LogP contribution is -2.51. The number of epoxide rings is 1. The smallest absolute Gasteiger partial charge is 0.407 e. The molecule has 1 aliphatic heterocycles. The average Bonchev–Trinajstić information content (AvgIpc) is 4.05. The Morgan fingerprint density at radius 1 is 0.614 bits per heavy atom. The number of hydrogen-bond donors (Lipinski definition) is 4. The molecule has 4 amide bonds. The van der Waals surface area contributed by atoms with Crippen LogP contribution in [0.5, 0.6) is 5.75 Å². The summed E-state index contributed by atoms with van der Waals surface area (Å²) < 4.78 is 21.6. The van der Waals surface area contributed by atoms with Gasteiger partial charge in [-0.2, -0.15) is 0 Å². The predicted octanol–water partition coefficient (Wildman–Crippen LogP) is 5.00. The van der Waals surface area contributed by atoms with Gasteiger partial charge in [-0.1, -0.05) is 103 Å². The number of aliphatic carboxylic acids is 1. The van der Waals surface area contributed by atoms with Gasteiger partial charge in [-0.05, 0) is 53.6 Å². The first-order valence-corrected chi connectivity index (χ1v) is 18.9. The second kappa shape index (κ2) is 22.2. The largest absolute Gasteiger partial charge is 0.489 e. The van der Waals surface area contributed by atoms with Crippen molar-refractivity contribution in [2.45, 2.75) is 63.8 Å². The molecule has 4 aromatic rings. The van der Waals surface area contributed by atoms with Gasteiger partial charge in [-0.15, -0.1) is 0 Å². The average molecular weight is 781 g/mol. The van der Waals surface area contributed by atoms with E-state index in [2.05, 4.69) is 16.0 Å². The van der Waals surface area contributed by atoms with Crippen molar-refractivity contribution in [3.8, 4) is 5.75 Å². The molecule has 4 aromatic carbocycles. The number of carboxylic acid groups (broad SMARTS) is 1. The van der Waals surface area contributed by atoms with Crippen LogP contribution in [-0.2, 0) is 54.8 Å². The van der Waals surface area contributed by atoms with Gasteiger partial charge in [0, 0.05) is 32.6 Å². The van der Waals surface area contributed by atoms with E-state index in [9.17, 15) is 29.1 Å². The number of rotatable bonds is 22. The maximum Gasteiger partial charge on any atom is 0.407 e. The quantitative estimate of drug-likeness (QED) is 0.0626. The van der Waals surface area contributed by atoms with Crippen LogP contribution in [0.4, 0.5) is 9.59 Å². The van der Waals surface area contributed by atoms with Crippen molar-refractivity contribution >= 4 is 30.0 Å². The molecule has 0 saturated carbocycles. The van der Waals surface area contributed by atoms with Crippen molar-refractivity contribution < 1.29 is 48.0 Å². The molecule has 0 bridgehead atoms. The molecule has 14 nitrogen and oxygen atoms in total. The Bertz CT molecular complexity index is 1880. The van der Waals surface area contributed by atoms with Gasteiger partial charge in [0.05, 0.1) is 0 Å². The third-order valence-electron chi connectivity index (χ3n) is 8.95. The number of carbonyl (C=O) groups is 5. The molecule has 0 radical (unpaired) electrons. The van der Waals surface area contributed by atoms with Gasteiger partial charge in [0.2, 0.25) is 5.91 Å². The zero-order valence-corrected chi connectivity index (χ0v) is 31.5. The first-order valence-electron chi connectivity index (χ1n) is 18.9. The fourth-order valence-corrected chi connectivity index (χ4v) is 5.83. The number of unbranched alkanes of at least 4 members (excludes halogenated alkanes) is 1. The fraction of sp³-hybridized carbons (Fsp3) is 0.326. The normalized spacial score (nSPS) is 14.7. The van der Waals surface area contributed by atoms with Crippen LogP contribution < -0.4 is 20.7 Å². The van der Waals surface area contributed by atoms with Crippen LogP contribution in [0, 0.1) is 0 Å². The molecule has 4 N–H and O–H groups in total. The molecule has 0 spiro atoms. The van der Waals surface area contributed by atoms with Crippen molar-refractivity contribution in [3.63, 3.8) is 0 Å².